The van der Waals surface area contributed by atoms with E-state index in [9.17, 15) is 4.79 Å². The van der Waals surface area contributed by atoms with Crippen LogP contribution in [-0.2, 0) is 13.1 Å². The van der Waals surface area contributed by atoms with Gasteiger partial charge in [0.1, 0.15) is 0 Å². The Balaban J connectivity index is 1.52. The Kier molecular flexibility index (Phi) is 7.47. The smallest absolute Gasteiger partial charge is 0.193 e. The summed E-state index contributed by atoms with van der Waals surface area (Å²) in [5.74, 6) is 0. The van der Waals surface area contributed by atoms with Gasteiger partial charge < -0.3 is 15.2 Å². The third-order valence-electron chi connectivity index (χ3n) is 7.58. The van der Waals surface area contributed by atoms with Gasteiger partial charge >= 0.3 is 0 Å². The molecule has 0 amide bonds. The van der Waals surface area contributed by atoms with Crippen LogP contribution in [0.3, 0.4) is 0 Å². The molecule has 0 radical (unpaired) electrons. The number of pyridine rings is 3. The van der Waals surface area contributed by atoms with E-state index in [4.69, 9.17) is 5.73 Å². The van der Waals surface area contributed by atoms with Gasteiger partial charge in [-0.3, -0.25) is 19.7 Å². The first-order valence-corrected chi connectivity index (χ1v) is 13.5. The maximum atomic E-state index is 13.7. The van der Waals surface area contributed by atoms with Gasteiger partial charge in [-0.15, -0.1) is 0 Å². The summed E-state index contributed by atoms with van der Waals surface area (Å²) in [6, 6.07) is 14.6. The summed E-state index contributed by atoms with van der Waals surface area (Å²) in [5.41, 5.74) is 12.9. The number of nitrogens with zero attached hydrogens (tertiary/aromatic N) is 5. The Labute approximate surface area is 224 Å². The standard InChI is InChI=1S/C31H38N6O/c1-21(2)37-19-25(31(38)29-10-8-26(32)15-30(29)37)18-36(17-24-11-12-33-23(4)14-24)28-6-5-13-35(20-28)27-9-7-22(3)34-16-27/h7-12,14-16,19,21,28H,5-6,13,17-18,20,32H2,1-4H3/t28-/m0/s1. The first-order valence-electron chi connectivity index (χ1n) is 13.5. The lowest BCUT2D eigenvalue weighted by atomic mass is 10.0. The highest BCUT2D eigenvalue weighted by Gasteiger charge is 2.27. The average molecular weight is 511 g/mol. The van der Waals surface area contributed by atoms with Crippen LogP contribution >= 0.6 is 0 Å². The highest BCUT2D eigenvalue weighted by Crippen LogP contribution is 2.26. The van der Waals surface area contributed by atoms with Crippen molar-refractivity contribution in [3.05, 3.63) is 93.8 Å². The molecule has 2 N–H and O–H groups in total. The Morgan fingerprint density at radius 3 is 2.63 bits per heavy atom. The molecular formula is C31H38N6O. The number of hydrogen-bond acceptors (Lipinski definition) is 6. The molecule has 0 bridgehead atoms. The van der Waals surface area contributed by atoms with E-state index in [0.717, 1.165) is 66.0 Å². The number of aromatic nitrogens is 3. The van der Waals surface area contributed by atoms with Crippen molar-refractivity contribution in [3.8, 4) is 0 Å². The van der Waals surface area contributed by atoms with Crippen molar-refractivity contribution in [3.63, 3.8) is 0 Å². The zero-order valence-electron chi connectivity index (χ0n) is 22.9. The molecule has 0 aliphatic carbocycles. The topological polar surface area (TPSA) is 80.3 Å². The van der Waals surface area contributed by atoms with E-state index in [1.807, 2.05) is 50.6 Å². The molecule has 0 saturated carbocycles. The van der Waals surface area contributed by atoms with Crippen molar-refractivity contribution in [1.82, 2.24) is 19.4 Å². The molecule has 1 saturated heterocycles. The lowest BCUT2D eigenvalue weighted by Crippen LogP contribution is -2.48. The van der Waals surface area contributed by atoms with E-state index in [-0.39, 0.29) is 11.5 Å². The number of benzene rings is 1. The van der Waals surface area contributed by atoms with E-state index < -0.39 is 0 Å². The van der Waals surface area contributed by atoms with Gasteiger partial charge in [0.25, 0.3) is 0 Å². The molecule has 38 heavy (non-hydrogen) atoms. The van der Waals surface area contributed by atoms with Crippen LogP contribution in [0.25, 0.3) is 10.9 Å². The van der Waals surface area contributed by atoms with Crippen molar-refractivity contribution in [2.45, 2.75) is 65.7 Å². The fraction of sp³-hybridized carbons (Fsp3) is 0.387. The van der Waals surface area contributed by atoms with E-state index in [2.05, 4.69) is 62.4 Å². The minimum Gasteiger partial charge on any atom is -0.399 e. The fourth-order valence-electron chi connectivity index (χ4n) is 5.57. The molecule has 1 fully saturated rings. The Hall–Kier alpha value is -3.71. The van der Waals surface area contributed by atoms with Crippen molar-refractivity contribution < 1.29 is 0 Å². The van der Waals surface area contributed by atoms with Crippen LogP contribution in [0, 0.1) is 13.8 Å². The SMILES string of the molecule is Cc1ccc(N2CCC[C@H](N(Cc3ccnc(C)c3)Cc3cn(C(C)C)c4cc(N)ccc4c3=O)C2)cn1. The van der Waals surface area contributed by atoms with Crippen LogP contribution in [0.4, 0.5) is 11.4 Å². The Morgan fingerprint density at radius 2 is 1.89 bits per heavy atom. The summed E-state index contributed by atoms with van der Waals surface area (Å²) in [4.78, 5) is 27.6. The molecule has 4 heterocycles. The summed E-state index contributed by atoms with van der Waals surface area (Å²) in [6.45, 7) is 11.6. The minimum atomic E-state index is 0.0863. The number of nitrogen functional groups attached to an aromatic ring is 1. The molecule has 0 unspecified atom stereocenters. The summed E-state index contributed by atoms with van der Waals surface area (Å²) in [7, 11) is 0. The Morgan fingerprint density at radius 1 is 1.05 bits per heavy atom. The molecule has 4 aromatic rings. The lowest BCUT2D eigenvalue weighted by Gasteiger charge is -2.40. The largest absolute Gasteiger partial charge is 0.399 e. The van der Waals surface area contributed by atoms with Crippen LogP contribution in [0.2, 0.25) is 0 Å². The van der Waals surface area contributed by atoms with E-state index in [1.165, 1.54) is 5.56 Å². The van der Waals surface area contributed by atoms with Gasteiger partial charge in [0.2, 0.25) is 0 Å². The molecule has 7 heteroatoms. The second kappa shape index (κ2) is 11.0. The first kappa shape index (κ1) is 25.9. The first-order chi connectivity index (χ1) is 18.3. The molecule has 5 rings (SSSR count). The lowest BCUT2D eigenvalue weighted by molar-refractivity contribution is 0.158. The zero-order chi connectivity index (χ0) is 26.8. The molecule has 1 atom stereocenters. The second-order valence-electron chi connectivity index (χ2n) is 10.9. The molecule has 7 nitrogen and oxygen atoms in total. The van der Waals surface area contributed by atoms with Crippen molar-refractivity contribution >= 4 is 22.3 Å². The molecule has 198 valence electrons. The maximum absolute atomic E-state index is 13.7. The molecule has 3 aromatic heterocycles. The molecule has 0 spiro atoms. The van der Waals surface area contributed by atoms with E-state index in [0.29, 0.717) is 18.3 Å². The number of anilines is 2. The summed E-state index contributed by atoms with van der Waals surface area (Å²) in [6.07, 6.45) is 8.08. The number of piperidine rings is 1. The van der Waals surface area contributed by atoms with Crippen molar-refractivity contribution in [2.24, 2.45) is 0 Å². The Bertz CT molecular complexity index is 1480. The highest BCUT2D eigenvalue weighted by molar-refractivity contribution is 5.82. The number of fused-ring (bicyclic) bond motifs is 1. The summed E-state index contributed by atoms with van der Waals surface area (Å²) < 4.78 is 2.18. The molecular weight excluding hydrogens is 472 g/mol. The fourth-order valence-corrected chi connectivity index (χ4v) is 5.57. The zero-order valence-corrected chi connectivity index (χ0v) is 22.9. The maximum Gasteiger partial charge on any atom is 0.193 e. The van der Waals surface area contributed by atoms with Crippen LogP contribution in [0.5, 0.6) is 0 Å². The normalized spacial score (nSPS) is 16.1. The predicted octanol–water partition coefficient (Wildman–Crippen LogP) is 5.24. The van der Waals surface area contributed by atoms with Gasteiger partial charge in [0.05, 0.1) is 17.4 Å². The number of hydrogen-bond donors (Lipinski definition) is 1. The number of aryl methyl sites for hydroxylation is 2. The third kappa shape index (κ3) is 5.58. The van der Waals surface area contributed by atoms with Gasteiger partial charge in [0, 0.05) is 78.7 Å². The van der Waals surface area contributed by atoms with Crippen molar-refractivity contribution in [1.29, 1.82) is 0 Å². The van der Waals surface area contributed by atoms with Gasteiger partial charge in [-0.2, -0.15) is 0 Å². The average Bonchev–Trinajstić information content (AvgIpc) is 2.90. The summed E-state index contributed by atoms with van der Waals surface area (Å²) >= 11 is 0. The second-order valence-corrected chi connectivity index (χ2v) is 10.9. The van der Waals surface area contributed by atoms with Crippen LogP contribution in [-0.4, -0.2) is 38.6 Å². The quantitative estimate of drug-likeness (QED) is 0.343. The monoisotopic (exact) mass is 510 g/mol. The van der Waals surface area contributed by atoms with Gasteiger partial charge in [-0.1, -0.05) is 0 Å². The third-order valence-corrected chi connectivity index (χ3v) is 7.58. The van der Waals surface area contributed by atoms with Crippen molar-refractivity contribution in [2.75, 3.05) is 23.7 Å². The molecule has 1 aliphatic rings. The van der Waals surface area contributed by atoms with Crippen LogP contribution in [0.15, 0.2) is 65.8 Å². The van der Waals surface area contributed by atoms with E-state index in [1.54, 1.807) is 0 Å². The van der Waals surface area contributed by atoms with Gasteiger partial charge in [-0.25, -0.2) is 0 Å². The van der Waals surface area contributed by atoms with Gasteiger partial charge in [-0.05, 0) is 88.6 Å². The number of nitrogens with two attached hydrogens (primary N) is 1. The number of rotatable bonds is 7. The highest BCUT2D eigenvalue weighted by atomic mass is 16.1. The molecule has 1 aliphatic heterocycles. The van der Waals surface area contributed by atoms with Gasteiger partial charge in [0.15, 0.2) is 5.43 Å². The van der Waals surface area contributed by atoms with Crippen LogP contribution in [0.1, 0.15) is 55.2 Å². The summed E-state index contributed by atoms with van der Waals surface area (Å²) in [5, 5.41) is 0.723. The van der Waals surface area contributed by atoms with Crippen LogP contribution < -0.4 is 16.1 Å². The molecule has 1 aromatic carbocycles. The van der Waals surface area contributed by atoms with E-state index >= 15 is 0 Å². The predicted molar refractivity (Wildman–Crippen MR) is 155 cm³/mol. The minimum absolute atomic E-state index is 0.0863.